The highest BCUT2D eigenvalue weighted by Gasteiger charge is 2.12. The summed E-state index contributed by atoms with van der Waals surface area (Å²) in [7, 11) is 0. The van der Waals surface area contributed by atoms with Crippen LogP contribution >= 0.6 is 0 Å². The minimum atomic E-state index is -0.0325. The SMILES string of the molecule is Nc1ccc2c(=O)cc(C3C=CC=C3)oc2c1. The predicted octanol–water partition coefficient (Wildman–Crippen LogP) is 2.58. The molecule has 3 heteroatoms. The first kappa shape index (κ1) is 9.90. The molecular weight excluding hydrogens is 214 g/mol. The van der Waals surface area contributed by atoms with E-state index in [9.17, 15) is 4.79 Å². The third-order valence-corrected chi connectivity index (χ3v) is 2.85. The summed E-state index contributed by atoms with van der Waals surface area (Å²) in [6.07, 6.45) is 7.84. The lowest BCUT2D eigenvalue weighted by Crippen LogP contribution is -2.03. The highest BCUT2D eigenvalue weighted by molar-refractivity contribution is 5.79. The van der Waals surface area contributed by atoms with Gasteiger partial charge in [-0.1, -0.05) is 24.3 Å². The second-order valence-electron chi connectivity index (χ2n) is 4.06. The number of hydrogen-bond donors (Lipinski definition) is 1. The van der Waals surface area contributed by atoms with Gasteiger partial charge in [0.1, 0.15) is 11.3 Å². The lowest BCUT2D eigenvalue weighted by atomic mass is 10.1. The molecule has 0 saturated carbocycles. The summed E-state index contributed by atoms with van der Waals surface area (Å²) in [5.41, 5.74) is 6.79. The standard InChI is InChI=1S/C14H11NO2/c15-10-5-6-11-12(16)8-13(17-14(11)7-10)9-3-1-2-4-9/h1-9H,15H2. The Morgan fingerprint density at radius 1 is 1.12 bits per heavy atom. The van der Waals surface area contributed by atoms with E-state index >= 15 is 0 Å². The Morgan fingerprint density at radius 2 is 1.88 bits per heavy atom. The molecule has 0 spiro atoms. The third kappa shape index (κ3) is 1.65. The van der Waals surface area contributed by atoms with Crippen LogP contribution in [0, 0.1) is 0 Å². The molecule has 17 heavy (non-hydrogen) atoms. The fourth-order valence-corrected chi connectivity index (χ4v) is 1.98. The Bertz CT molecular complexity index is 683. The van der Waals surface area contributed by atoms with Crippen LogP contribution in [0.5, 0.6) is 0 Å². The molecule has 0 amide bonds. The highest BCUT2D eigenvalue weighted by atomic mass is 16.3. The number of nitrogens with two attached hydrogens (primary N) is 1. The summed E-state index contributed by atoms with van der Waals surface area (Å²) in [5, 5.41) is 0.564. The second-order valence-corrected chi connectivity index (χ2v) is 4.06. The van der Waals surface area contributed by atoms with Gasteiger partial charge in [-0.05, 0) is 12.1 Å². The van der Waals surface area contributed by atoms with E-state index in [2.05, 4.69) is 0 Å². The normalized spacial score (nSPS) is 14.8. The van der Waals surface area contributed by atoms with Gasteiger partial charge >= 0.3 is 0 Å². The first-order valence-corrected chi connectivity index (χ1v) is 5.42. The van der Waals surface area contributed by atoms with Gasteiger partial charge in [0.25, 0.3) is 0 Å². The van der Waals surface area contributed by atoms with Gasteiger partial charge in [0.15, 0.2) is 5.43 Å². The number of fused-ring (bicyclic) bond motifs is 1. The zero-order valence-corrected chi connectivity index (χ0v) is 9.09. The Morgan fingerprint density at radius 3 is 2.65 bits per heavy atom. The van der Waals surface area contributed by atoms with Crippen molar-refractivity contribution in [2.75, 3.05) is 5.73 Å². The van der Waals surface area contributed by atoms with Crippen molar-refractivity contribution in [2.45, 2.75) is 5.92 Å². The molecule has 1 aromatic heterocycles. The molecule has 1 aliphatic carbocycles. The Hall–Kier alpha value is -2.29. The van der Waals surface area contributed by atoms with Gasteiger partial charge < -0.3 is 10.2 Å². The monoisotopic (exact) mass is 225 g/mol. The Kier molecular flexibility index (Phi) is 2.11. The molecule has 1 heterocycles. The molecule has 0 fully saturated rings. The van der Waals surface area contributed by atoms with Gasteiger partial charge in [0.05, 0.1) is 11.3 Å². The molecule has 0 radical (unpaired) electrons. The molecule has 2 aromatic rings. The van der Waals surface area contributed by atoms with E-state index in [0.717, 1.165) is 0 Å². The molecule has 0 aliphatic heterocycles. The minimum absolute atomic E-state index is 0.0325. The predicted molar refractivity (Wildman–Crippen MR) is 67.9 cm³/mol. The van der Waals surface area contributed by atoms with E-state index in [1.807, 2.05) is 24.3 Å². The maximum Gasteiger partial charge on any atom is 0.192 e. The largest absolute Gasteiger partial charge is 0.460 e. The van der Waals surface area contributed by atoms with Crippen molar-refractivity contribution in [2.24, 2.45) is 0 Å². The van der Waals surface area contributed by atoms with Crippen molar-refractivity contribution in [3.63, 3.8) is 0 Å². The second kappa shape index (κ2) is 3.63. The van der Waals surface area contributed by atoms with E-state index in [4.69, 9.17) is 10.2 Å². The fraction of sp³-hybridized carbons (Fsp3) is 0.0714. The van der Waals surface area contributed by atoms with E-state index in [0.29, 0.717) is 22.4 Å². The molecule has 0 atom stereocenters. The fourth-order valence-electron chi connectivity index (χ4n) is 1.98. The lowest BCUT2D eigenvalue weighted by molar-refractivity contribution is 0.537. The molecule has 2 N–H and O–H groups in total. The molecule has 0 saturated heterocycles. The number of nitrogen functional groups attached to an aromatic ring is 1. The topological polar surface area (TPSA) is 56.2 Å². The van der Waals surface area contributed by atoms with Crippen molar-refractivity contribution in [1.82, 2.24) is 0 Å². The molecule has 3 nitrogen and oxygen atoms in total. The van der Waals surface area contributed by atoms with E-state index < -0.39 is 0 Å². The number of anilines is 1. The summed E-state index contributed by atoms with van der Waals surface area (Å²) in [6.45, 7) is 0. The summed E-state index contributed by atoms with van der Waals surface area (Å²) >= 11 is 0. The van der Waals surface area contributed by atoms with Crippen molar-refractivity contribution in [1.29, 1.82) is 0 Å². The molecule has 1 aromatic carbocycles. The van der Waals surface area contributed by atoms with E-state index in [1.165, 1.54) is 0 Å². The van der Waals surface area contributed by atoms with Crippen LogP contribution in [-0.2, 0) is 0 Å². The van der Waals surface area contributed by atoms with Crippen molar-refractivity contribution in [3.05, 3.63) is 64.6 Å². The van der Waals surface area contributed by atoms with Gasteiger partial charge in [-0.3, -0.25) is 4.79 Å². The number of benzene rings is 1. The number of allylic oxidation sites excluding steroid dienone is 4. The zero-order chi connectivity index (χ0) is 11.8. The van der Waals surface area contributed by atoms with Crippen LogP contribution in [0.2, 0.25) is 0 Å². The van der Waals surface area contributed by atoms with Crippen LogP contribution in [-0.4, -0.2) is 0 Å². The summed E-state index contributed by atoms with van der Waals surface area (Å²) in [5.74, 6) is 0.701. The summed E-state index contributed by atoms with van der Waals surface area (Å²) in [6, 6.07) is 6.63. The van der Waals surface area contributed by atoms with Gasteiger partial charge in [0.2, 0.25) is 0 Å². The lowest BCUT2D eigenvalue weighted by Gasteiger charge is -2.06. The minimum Gasteiger partial charge on any atom is -0.460 e. The molecule has 84 valence electrons. The first-order chi connectivity index (χ1) is 8.24. The third-order valence-electron chi connectivity index (χ3n) is 2.85. The maximum absolute atomic E-state index is 11.9. The molecule has 0 unspecified atom stereocenters. The van der Waals surface area contributed by atoms with E-state index in [1.54, 1.807) is 24.3 Å². The average Bonchev–Trinajstić information content (AvgIpc) is 2.81. The van der Waals surface area contributed by atoms with Crippen LogP contribution in [0.4, 0.5) is 5.69 Å². The van der Waals surface area contributed by atoms with Crippen LogP contribution in [0.3, 0.4) is 0 Å². The van der Waals surface area contributed by atoms with Gasteiger partial charge in [-0.25, -0.2) is 0 Å². The van der Waals surface area contributed by atoms with Crippen LogP contribution < -0.4 is 11.2 Å². The number of hydrogen-bond acceptors (Lipinski definition) is 3. The van der Waals surface area contributed by atoms with E-state index in [-0.39, 0.29) is 11.3 Å². The van der Waals surface area contributed by atoms with Crippen molar-refractivity contribution >= 4 is 16.7 Å². The Labute approximate surface area is 97.9 Å². The van der Waals surface area contributed by atoms with Gasteiger partial charge in [-0.15, -0.1) is 0 Å². The van der Waals surface area contributed by atoms with Gasteiger partial charge in [0, 0.05) is 17.8 Å². The Balaban J connectivity index is 2.25. The first-order valence-electron chi connectivity index (χ1n) is 5.42. The molecule has 1 aliphatic rings. The van der Waals surface area contributed by atoms with Gasteiger partial charge in [-0.2, -0.15) is 0 Å². The highest BCUT2D eigenvalue weighted by Crippen LogP contribution is 2.25. The van der Waals surface area contributed by atoms with Crippen LogP contribution in [0.1, 0.15) is 11.7 Å². The zero-order valence-electron chi connectivity index (χ0n) is 9.09. The van der Waals surface area contributed by atoms with Crippen LogP contribution in [0.15, 0.2) is 57.8 Å². The smallest absolute Gasteiger partial charge is 0.192 e. The van der Waals surface area contributed by atoms with Crippen molar-refractivity contribution in [3.8, 4) is 0 Å². The maximum atomic E-state index is 11.9. The summed E-state index contributed by atoms with van der Waals surface area (Å²) in [4.78, 5) is 11.9. The quantitative estimate of drug-likeness (QED) is 0.759. The van der Waals surface area contributed by atoms with Crippen LogP contribution in [0.25, 0.3) is 11.0 Å². The summed E-state index contributed by atoms with van der Waals surface area (Å²) < 4.78 is 5.72. The number of rotatable bonds is 1. The molecule has 0 bridgehead atoms. The molecular formula is C14H11NO2. The molecule has 3 rings (SSSR count). The average molecular weight is 225 g/mol. The van der Waals surface area contributed by atoms with Crippen molar-refractivity contribution < 1.29 is 4.42 Å².